The molecule has 9 heteroatoms. The first-order valence-electron chi connectivity index (χ1n) is 6.84. The zero-order chi connectivity index (χ0) is 16.2. The highest BCUT2D eigenvalue weighted by atomic mass is 32.2. The molecule has 0 spiro atoms. The van der Waals surface area contributed by atoms with Crippen molar-refractivity contribution < 1.29 is 17.9 Å². The molecule has 1 aliphatic rings. The summed E-state index contributed by atoms with van der Waals surface area (Å²) < 4.78 is 34.3. The highest BCUT2D eigenvalue weighted by molar-refractivity contribution is 7.91. The van der Waals surface area contributed by atoms with Gasteiger partial charge in [0.2, 0.25) is 5.91 Å². The summed E-state index contributed by atoms with van der Waals surface area (Å²) in [5.74, 6) is 0.328. The number of rotatable bonds is 6. The molecule has 0 aromatic heterocycles. The minimum Gasteiger partial charge on any atom is -0.493 e. The van der Waals surface area contributed by atoms with Crippen molar-refractivity contribution in [2.75, 3.05) is 17.9 Å². The largest absolute Gasteiger partial charge is 0.493 e. The van der Waals surface area contributed by atoms with Crippen molar-refractivity contribution in [2.45, 2.75) is 19.8 Å². The van der Waals surface area contributed by atoms with E-state index in [9.17, 15) is 13.2 Å². The standard InChI is InChI=1S/C13H18N4O4S/c1-2-11(18)15-7-4-8-21-10-6-3-5-9-12(10)13(14)17-22(19,20)16-9/h3,5-6,16H,2,4,7-8H2,1H3,(H2,14,17)(H,15,18). The number of fused-ring (bicyclic) bond motifs is 1. The Labute approximate surface area is 128 Å². The molecule has 1 heterocycles. The number of carbonyl (C=O) groups excluding carboxylic acids is 1. The van der Waals surface area contributed by atoms with Gasteiger partial charge in [-0.3, -0.25) is 9.52 Å². The number of benzene rings is 1. The lowest BCUT2D eigenvalue weighted by atomic mass is 10.1. The molecule has 120 valence electrons. The number of carbonyl (C=O) groups is 1. The first-order valence-corrected chi connectivity index (χ1v) is 8.28. The molecule has 0 bridgehead atoms. The van der Waals surface area contributed by atoms with Crippen LogP contribution in [-0.2, 0) is 15.0 Å². The van der Waals surface area contributed by atoms with E-state index in [2.05, 4.69) is 14.4 Å². The summed E-state index contributed by atoms with van der Waals surface area (Å²) in [7, 11) is -3.79. The average molecular weight is 326 g/mol. The summed E-state index contributed by atoms with van der Waals surface area (Å²) >= 11 is 0. The van der Waals surface area contributed by atoms with Gasteiger partial charge in [0.05, 0.1) is 17.9 Å². The minimum absolute atomic E-state index is 0.0112. The van der Waals surface area contributed by atoms with Crippen molar-refractivity contribution in [3.05, 3.63) is 23.8 Å². The maximum absolute atomic E-state index is 11.5. The fraction of sp³-hybridized carbons (Fsp3) is 0.385. The maximum Gasteiger partial charge on any atom is 0.344 e. The van der Waals surface area contributed by atoms with Gasteiger partial charge in [-0.05, 0) is 18.6 Å². The van der Waals surface area contributed by atoms with Crippen LogP contribution in [0.4, 0.5) is 5.69 Å². The van der Waals surface area contributed by atoms with Crippen molar-refractivity contribution in [3.8, 4) is 5.75 Å². The Hall–Kier alpha value is -2.29. The molecule has 0 unspecified atom stereocenters. The Balaban J connectivity index is 2.01. The normalized spacial score (nSPS) is 15.2. The molecule has 4 N–H and O–H groups in total. The van der Waals surface area contributed by atoms with Gasteiger partial charge in [0.25, 0.3) is 0 Å². The third-order valence-corrected chi connectivity index (χ3v) is 3.88. The van der Waals surface area contributed by atoms with Crippen LogP contribution in [0.2, 0.25) is 0 Å². The molecular formula is C13H18N4O4S. The van der Waals surface area contributed by atoms with Crippen LogP contribution in [-0.4, -0.2) is 33.3 Å². The lowest BCUT2D eigenvalue weighted by Gasteiger charge is -2.19. The van der Waals surface area contributed by atoms with E-state index >= 15 is 0 Å². The zero-order valence-corrected chi connectivity index (χ0v) is 12.9. The van der Waals surface area contributed by atoms with Gasteiger partial charge in [0.15, 0.2) is 5.84 Å². The smallest absolute Gasteiger partial charge is 0.344 e. The topological polar surface area (TPSA) is 123 Å². The number of ether oxygens (including phenoxy) is 1. The highest BCUT2D eigenvalue weighted by Crippen LogP contribution is 2.30. The van der Waals surface area contributed by atoms with Gasteiger partial charge in [-0.2, -0.15) is 8.42 Å². The van der Waals surface area contributed by atoms with E-state index in [1.54, 1.807) is 25.1 Å². The third kappa shape index (κ3) is 3.88. The second-order valence-corrected chi connectivity index (χ2v) is 5.97. The number of amidine groups is 1. The van der Waals surface area contributed by atoms with E-state index in [1.807, 2.05) is 0 Å². The summed E-state index contributed by atoms with van der Waals surface area (Å²) in [6, 6.07) is 4.93. The Morgan fingerprint density at radius 3 is 2.95 bits per heavy atom. The van der Waals surface area contributed by atoms with Gasteiger partial charge in [0.1, 0.15) is 5.75 Å². The van der Waals surface area contributed by atoms with Crippen LogP contribution in [0, 0.1) is 0 Å². The molecule has 1 aromatic rings. The monoisotopic (exact) mass is 326 g/mol. The lowest BCUT2D eigenvalue weighted by Crippen LogP contribution is -2.27. The predicted molar refractivity (Wildman–Crippen MR) is 83.1 cm³/mol. The molecule has 0 fully saturated rings. The molecule has 0 saturated carbocycles. The Kier molecular flexibility index (Phi) is 4.86. The Bertz CT molecular complexity index is 700. The van der Waals surface area contributed by atoms with Gasteiger partial charge in [0, 0.05) is 13.0 Å². The molecule has 0 aliphatic carbocycles. The Morgan fingerprint density at radius 2 is 2.23 bits per heavy atom. The molecule has 8 nitrogen and oxygen atoms in total. The van der Waals surface area contributed by atoms with Crippen molar-refractivity contribution in [1.29, 1.82) is 0 Å². The number of nitrogens with zero attached hydrogens (tertiary/aromatic N) is 1. The van der Waals surface area contributed by atoms with Crippen molar-refractivity contribution >= 4 is 27.6 Å². The van der Waals surface area contributed by atoms with E-state index in [-0.39, 0.29) is 11.7 Å². The van der Waals surface area contributed by atoms with E-state index in [0.717, 1.165) is 0 Å². The molecule has 0 saturated heterocycles. The lowest BCUT2D eigenvalue weighted by molar-refractivity contribution is -0.120. The second-order valence-electron chi connectivity index (χ2n) is 4.64. The fourth-order valence-electron chi connectivity index (χ4n) is 1.94. The van der Waals surface area contributed by atoms with E-state index in [4.69, 9.17) is 10.5 Å². The molecule has 22 heavy (non-hydrogen) atoms. The summed E-state index contributed by atoms with van der Waals surface area (Å²) in [6.45, 7) is 2.66. The van der Waals surface area contributed by atoms with Crippen LogP contribution in [0.1, 0.15) is 25.3 Å². The third-order valence-electron chi connectivity index (χ3n) is 2.96. The van der Waals surface area contributed by atoms with Crippen LogP contribution < -0.4 is 20.5 Å². The number of hydrogen-bond acceptors (Lipinski definition) is 5. The number of nitrogens with one attached hydrogen (secondary N) is 2. The van der Waals surface area contributed by atoms with Crippen LogP contribution in [0.3, 0.4) is 0 Å². The second kappa shape index (κ2) is 6.65. The number of amides is 1. The Morgan fingerprint density at radius 1 is 1.45 bits per heavy atom. The van der Waals surface area contributed by atoms with Crippen LogP contribution in [0.25, 0.3) is 0 Å². The molecule has 2 rings (SSSR count). The van der Waals surface area contributed by atoms with E-state index in [1.165, 1.54) is 0 Å². The maximum atomic E-state index is 11.5. The molecular weight excluding hydrogens is 308 g/mol. The number of hydrogen-bond donors (Lipinski definition) is 3. The van der Waals surface area contributed by atoms with E-state index in [0.29, 0.717) is 43.0 Å². The van der Waals surface area contributed by atoms with Crippen molar-refractivity contribution in [1.82, 2.24) is 5.32 Å². The van der Waals surface area contributed by atoms with Crippen molar-refractivity contribution in [3.63, 3.8) is 0 Å². The summed E-state index contributed by atoms with van der Waals surface area (Å²) in [5.41, 5.74) is 6.47. The molecule has 0 radical (unpaired) electrons. The number of anilines is 1. The fourth-order valence-corrected chi connectivity index (χ4v) is 2.79. The number of nitrogens with two attached hydrogens (primary N) is 1. The average Bonchev–Trinajstić information content (AvgIpc) is 2.44. The minimum atomic E-state index is -3.79. The molecule has 0 atom stereocenters. The first kappa shape index (κ1) is 16.1. The highest BCUT2D eigenvalue weighted by Gasteiger charge is 2.24. The van der Waals surface area contributed by atoms with Gasteiger partial charge in [-0.25, -0.2) is 0 Å². The van der Waals surface area contributed by atoms with Gasteiger partial charge in [-0.15, -0.1) is 4.40 Å². The SMILES string of the molecule is CCC(=O)NCCCOc1cccc2c1C(N)=NS(=O)(=O)N2. The van der Waals surface area contributed by atoms with Crippen LogP contribution in [0.15, 0.2) is 22.6 Å². The summed E-state index contributed by atoms with van der Waals surface area (Å²) in [5, 5.41) is 2.74. The van der Waals surface area contributed by atoms with Gasteiger partial charge < -0.3 is 15.8 Å². The van der Waals surface area contributed by atoms with Gasteiger partial charge >= 0.3 is 10.2 Å². The van der Waals surface area contributed by atoms with Crippen LogP contribution >= 0.6 is 0 Å². The first-order chi connectivity index (χ1) is 10.4. The summed E-state index contributed by atoms with van der Waals surface area (Å²) in [4.78, 5) is 11.1. The zero-order valence-electron chi connectivity index (χ0n) is 12.1. The summed E-state index contributed by atoms with van der Waals surface area (Å²) in [6.07, 6.45) is 1.07. The molecule has 1 aromatic carbocycles. The molecule has 1 aliphatic heterocycles. The van der Waals surface area contributed by atoms with Crippen molar-refractivity contribution in [2.24, 2.45) is 10.1 Å². The molecule has 1 amide bonds. The predicted octanol–water partition coefficient (Wildman–Crippen LogP) is 0.357. The van der Waals surface area contributed by atoms with Gasteiger partial charge in [-0.1, -0.05) is 13.0 Å². The van der Waals surface area contributed by atoms with Crippen LogP contribution in [0.5, 0.6) is 5.75 Å². The quantitative estimate of drug-likeness (QED) is 0.651. The van der Waals surface area contributed by atoms with E-state index < -0.39 is 10.2 Å².